The van der Waals surface area contributed by atoms with Crippen LogP contribution in [0.4, 0.5) is 19.6 Å². The number of rotatable bonds is 2. The summed E-state index contributed by atoms with van der Waals surface area (Å²) in [6.07, 6.45) is 0. The van der Waals surface area contributed by atoms with Gasteiger partial charge in [-0.15, -0.1) is 5.10 Å². The summed E-state index contributed by atoms with van der Waals surface area (Å²) in [6, 6.07) is 10.4. The van der Waals surface area contributed by atoms with Crippen molar-refractivity contribution >= 4 is 38.0 Å². The molecular formula is C15H8F2N4OS. The van der Waals surface area contributed by atoms with E-state index in [0.29, 0.717) is 26.7 Å². The number of anilines is 2. The molecule has 1 N–H and O–H groups in total. The number of benzene rings is 2. The second kappa shape index (κ2) is 5.10. The monoisotopic (exact) mass is 330 g/mol. The Labute approximate surface area is 131 Å². The molecule has 0 saturated heterocycles. The summed E-state index contributed by atoms with van der Waals surface area (Å²) in [4.78, 5) is 17.2. The third-order valence-electron chi connectivity index (χ3n) is 3.27. The van der Waals surface area contributed by atoms with Gasteiger partial charge in [-0.3, -0.25) is 4.79 Å². The Morgan fingerprint density at radius 2 is 1.91 bits per heavy atom. The topological polar surface area (TPSA) is 59.3 Å². The van der Waals surface area contributed by atoms with Crippen LogP contribution in [0.15, 0.2) is 47.3 Å². The summed E-state index contributed by atoms with van der Waals surface area (Å²) in [5, 5.41) is 7.81. The van der Waals surface area contributed by atoms with Gasteiger partial charge in [0.05, 0.1) is 10.9 Å². The normalized spacial score (nSPS) is 11.2. The van der Waals surface area contributed by atoms with Crippen LogP contribution in [0, 0.1) is 11.6 Å². The van der Waals surface area contributed by atoms with Crippen LogP contribution in [0.2, 0.25) is 0 Å². The zero-order valence-corrected chi connectivity index (χ0v) is 12.3. The maximum absolute atomic E-state index is 13.2. The van der Waals surface area contributed by atoms with Crippen molar-refractivity contribution < 1.29 is 8.78 Å². The summed E-state index contributed by atoms with van der Waals surface area (Å²) < 4.78 is 27.4. The van der Waals surface area contributed by atoms with Crippen molar-refractivity contribution in [1.29, 1.82) is 0 Å². The molecule has 0 aliphatic rings. The van der Waals surface area contributed by atoms with E-state index in [4.69, 9.17) is 0 Å². The van der Waals surface area contributed by atoms with E-state index in [0.717, 1.165) is 23.5 Å². The molecule has 8 heteroatoms. The van der Waals surface area contributed by atoms with Gasteiger partial charge in [0.25, 0.3) is 5.56 Å². The third kappa shape index (κ3) is 2.33. The van der Waals surface area contributed by atoms with Crippen molar-refractivity contribution in [2.45, 2.75) is 0 Å². The number of hydrogen-bond acceptors (Lipinski definition) is 5. The average Bonchev–Trinajstić information content (AvgIpc) is 2.94. The first-order valence-electron chi connectivity index (χ1n) is 6.62. The highest BCUT2D eigenvalue weighted by Gasteiger charge is 2.11. The van der Waals surface area contributed by atoms with Crippen LogP contribution >= 0.6 is 11.3 Å². The van der Waals surface area contributed by atoms with Crippen LogP contribution in [0.5, 0.6) is 0 Å². The lowest BCUT2D eigenvalue weighted by molar-refractivity contribution is 0.509. The maximum Gasteiger partial charge on any atom is 0.283 e. The molecule has 2 aromatic carbocycles. The quantitative estimate of drug-likeness (QED) is 0.612. The van der Waals surface area contributed by atoms with E-state index in [9.17, 15) is 13.6 Å². The fourth-order valence-electron chi connectivity index (χ4n) is 2.20. The Morgan fingerprint density at radius 1 is 1.09 bits per heavy atom. The van der Waals surface area contributed by atoms with Gasteiger partial charge >= 0.3 is 0 Å². The molecule has 0 saturated carbocycles. The van der Waals surface area contributed by atoms with Crippen molar-refractivity contribution in [2.24, 2.45) is 0 Å². The second-order valence-corrected chi connectivity index (χ2v) is 5.75. The fraction of sp³-hybridized carbons (Fsp3) is 0. The molecule has 0 bridgehead atoms. The van der Waals surface area contributed by atoms with E-state index in [-0.39, 0.29) is 5.56 Å². The largest absolute Gasteiger partial charge is 0.330 e. The van der Waals surface area contributed by atoms with E-state index < -0.39 is 11.6 Å². The predicted octanol–water partition coefficient (Wildman–Crippen LogP) is 3.33. The molecule has 0 radical (unpaired) electrons. The number of fused-ring (bicyclic) bond motifs is 2. The zero-order valence-electron chi connectivity index (χ0n) is 11.5. The molecule has 0 spiro atoms. The zero-order chi connectivity index (χ0) is 16.0. The van der Waals surface area contributed by atoms with Gasteiger partial charge in [0.1, 0.15) is 0 Å². The van der Waals surface area contributed by atoms with Gasteiger partial charge in [0.15, 0.2) is 11.6 Å². The van der Waals surface area contributed by atoms with Crippen molar-refractivity contribution in [1.82, 2.24) is 14.6 Å². The molecule has 2 aromatic heterocycles. The highest BCUT2D eigenvalue weighted by molar-refractivity contribution is 7.20. The molecule has 114 valence electrons. The fourth-order valence-corrected chi connectivity index (χ4v) is 3.02. The lowest BCUT2D eigenvalue weighted by atomic mass is 10.2. The lowest BCUT2D eigenvalue weighted by Crippen LogP contribution is -2.15. The maximum atomic E-state index is 13.2. The Balaban J connectivity index is 1.82. The lowest BCUT2D eigenvalue weighted by Gasteiger charge is -2.01. The first-order chi connectivity index (χ1) is 11.1. The van der Waals surface area contributed by atoms with E-state index in [1.165, 1.54) is 10.6 Å². The highest BCUT2D eigenvalue weighted by Crippen LogP contribution is 2.23. The molecule has 0 unspecified atom stereocenters. The van der Waals surface area contributed by atoms with E-state index >= 15 is 0 Å². The first kappa shape index (κ1) is 13.8. The minimum Gasteiger partial charge on any atom is -0.330 e. The Kier molecular flexibility index (Phi) is 3.05. The van der Waals surface area contributed by atoms with Crippen LogP contribution < -0.4 is 10.9 Å². The standard InChI is InChI=1S/C15H8F2N4OS/c16-10-6-5-8(7-11(10)17)18-14-20-21-13(22)9-3-1-2-4-12(9)19-15(21)23-14/h1-7H,(H,18,20). The molecular weight excluding hydrogens is 322 g/mol. The SMILES string of the molecule is O=c1c2ccccc2nc2sc(Nc3ccc(F)c(F)c3)nn12. The van der Waals surface area contributed by atoms with Gasteiger partial charge in [-0.05, 0) is 24.3 Å². The van der Waals surface area contributed by atoms with Crippen LogP contribution in [0.1, 0.15) is 0 Å². The Morgan fingerprint density at radius 3 is 2.74 bits per heavy atom. The Bertz CT molecular complexity index is 1110. The molecule has 0 fully saturated rings. The summed E-state index contributed by atoms with van der Waals surface area (Å²) in [7, 11) is 0. The number of para-hydroxylation sites is 1. The molecule has 4 rings (SSSR count). The molecule has 23 heavy (non-hydrogen) atoms. The smallest absolute Gasteiger partial charge is 0.283 e. The summed E-state index contributed by atoms with van der Waals surface area (Å²) in [6.45, 7) is 0. The minimum absolute atomic E-state index is 0.278. The van der Waals surface area contributed by atoms with Crippen LogP contribution in [0.3, 0.4) is 0 Å². The van der Waals surface area contributed by atoms with Crippen molar-refractivity contribution in [2.75, 3.05) is 5.32 Å². The molecule has 0 aliphatic carbocycles. The molecule has 0 atom stereocenters. The van der Waals surface area contributed by atoms with Gasteiger partial charge in [-0.1, -0.05) is 23.5 Å². The van der Waals surface area contributed by atoms with Crippen LogP contribution in [0.25, 0.3) is 15.9 Å². The number of nitrogens with zero attached hydrogens (tertiary/aromatic N) is 3. The van der Waals surface area contributed by atoms with Gasteiger partial charge in [0.2, 0.25) is 10.1 Å². The van der Waals surface area contributed by atoms with Crippen molar-refractivity contribution in [3.05, 3.63) is 64.5 Å². The van der Waals surface area contributed by atoms with Crippen LogP contribution in [-0.2, 0) is 0 Å². The van der Waals surface area contributed by atoms with Crippen molar-refractivity contribution in [3.63, 3.8) is 0 Å². The number of hydrogen-bond donors (Lipinski definition) is 1. The van der Waals surface area contributed by atoms with Gasteiger partial charge in [0, 0.05) is 11.8 Å². The summed E-state index contributed by atoms with van der Waals surface area (Å²) in [5.74, 6) is -1.89. The summed E-state index contributed by atoms with van der Waals surface area (Å²) in [5.41, 5.74) is 0.640. The van der Waals surface area contributed by atoms with Gasteiger partial charge in [-0.2, -0.15) is 4.52 Å². The first-order valence-corrected chi connectivity index (χ1v) is 7.44. The predicted molar refractivity (Wildman–Crippen MR) is 84.3 cm³/mol. The molecule has 0 amide bonds. The molecule has 5 nitrogen and oxygen atoms in total. The highest BCUT2D eigenvalue weighted by atomic mass is 32.1. The number of halogens is 2. The van der Waals surface area contributed by atoms with Gasteiger partial charge < -0.3 is 5.32 Å². The second-order valence-electron chi connectivity index (χ2n) is 4.79. The summed E-state index contributed by atoms with van der Waals surface area (Å²) >= 11 is 1.14. The molecule has 4 aromatic rings. The van der Waals surface area contributed by atoms with Crippen molar-refractivity contribution in [3.8, 4) is 0 Å². The minimum atomic E-state index is -0.961. The number of nitrogens with one attached hydrogen (secondary N) is 1. The Hall–Kier alpha value is -2.87. The van der Waals surface area contributed by atoms with E-state index in [1.54, 1.807) is 24.3 Å². The van der Waals surface area contributed by atoms with E-state index in [1.807, 2.05) is 0 Å². The molecule has 0 aliphatic heterocycles. The van der Waals surface area contributed by atoms with Gasteiger partial charge in [-0.25, -0.2) is 13.8 Å². The third-order valence-corrected chi connectivity index (χ3v) is 4.10. The molecule has 2 heterocycles. The number of aromatic nitrogens is 3. The average molecular weight is 330 g/mol. The van der Waals surface area contributed by atoms with E-state index in [2.05, 4.69) is 15.4 Å². The van der Waals surface area contributed by atoms with Crippen LogP contribution in [-0.4, -0.2) is 14.6 Å².